The molecule has 1 aromatic rings. The zero-order valence-corrected chi connectivity index (χ0v) is 11.5. The Morgan fingerprint density at radius 1 is 1.44 bits per heavy atom. The summed E-state index contributed by atoms with van der Waals surface area (Å²) in [6, 6.07) is 5.21. The first-order chi connectivity index (χ1) is 8.58. The molecule has 100 valence electrons. The number of hydrogen-bond donors (Lipinski definition) is 1. The van der Waals surface area contributed by atoms with Gasteiger partial charge in [-0.3, -0.25) is 10.1 Å². The molecule has 0 saturated heterocycles. The van der Waals surface area contributed by atoms with Gasteiger partial charge in [0.25, 0.3) is 5.69 Å². The van der Waals surface area contributed by atoms with Crippen LogP contribution in [0.4, 0.5) is 5.69 Å². The number of nitro benzene ring substituents is 1. The lowest BCUT2D eigenvalue weighted by Gasteiger charge is -2.16. The van der Waals surface area contributed by atoms with Crippen LogP contribution in [0, 0.1) is 10.1 Å². The van der Waals surface area contributed by atoms with Crippen molar-refractivity contribution in [2.45, 2.75) is 45.7 Å². The van der Waals surface area contributed by atoms with E-state index in [1.54, 1.807) is 12.1 Å². The van der Waals surface area contributed by atoms with Gasteiger partial charge in [0, 0.05) is 29.2 Å². The molecule has 0 spiro atoms. The average Bonchev–Trinajstić information content (AvgIpc) is 2.35. The minimum Gasteiger partial charge on any atom is -0.310 e. The van der Waals surface area contributed by atoms with E-state index in [1.807, 2.05) is 0 Å². The molecule has 0 fully saturated rings. The van der Waals surface area contributed by atoms with Crippen LogP contribution in [0.5, 0.6) is 0 Å². The van der Waals surface area contributed by atoms with Crippen LogP contribution in [0.2, 0.25) is 5.02 Å². The average molecular weight is 271 g/mol. The number of rotatable bonds is 7. The second kappa shape index (κ2) is 7.34. The van der Waals surface area contributed by atoms with Gasteiger partial charge in [0.2, 0.25) is 0 Å². The summed E-state index contributed by atoms with van der Waals surface area (Å²) in [5.74, 6) is 0. The number of hydrogen-bond acceptors (Lipinski definition) is 3. The van der Waals surface area contributed by atoms with Gasteiger partial charge in [0.1, 0.15) is 0 Å². The van der Waals surface area contributed by atoms with Gasteiger partial charge in [0.15, 0.2) is 0 Å². The highest BCUT2D eigenvalue weighted by molar-refractivity contribution is 6.30. The van der Waals surface area contributed by atoms with Crippen molar-refractivity contribution in [3.63, 3.8) is 0 Å². The number of nitrogens with zero attached hydrogens (tertiary/aromatic N) is 1. The van der Waals surface area contributed by atoms with Crippen molar-refractivity contribution in [2.75, 3.05) is 0 Å². The van der Waals surface area contributed by atoms with E-state index >= 15 is 0 Å². The molecule has 18 heavy (non-hydrogen) atoms. The molecule has 1 rings (SSSR count). The summed E-state index contributed by atoms with van der Waals surface area (Å²) in [4.78, 5) is 10.5. The van der Waals surface area contributed by atoms with E-state index in [-0.39, 0.29) is 10.6 Å². The molecule has 0 aliphatic rings. The lowest BCUT2D eigenvalue weighted by atomic mass is 10.1. The highest BCUT2D eigenvalue weighted by atomic mass is 35.5. The molecule has 0 amide bonds. The molecule has 0 heterocycles. The lowest BCUT2D eigenvalue weighted by molar-refractivity contribution is -0.385. The normalized spacial score (nSPS) is 12.4. The molecule has 1 aromatic carbocycles. The molecule has 0 radical (unpaired) electrons. The van der Waals surface area contributed by atoms with Gasteiger partial charge in [-0.15, -0.1) is 0 Å². The van der Waals surface area contributed by atoms with Crippen LogP contribution in [0.15, 0.2) is 18.2 Å². The lowest BCUT2D eigenvalue weighted by Crippen LogP contribution is -2.27. The monoisotopic (exact) mass is 270 g/mol. The van der Waals surface area contributed by atoms with Crippen LogP contribution in [-0.2, 0) is 6.54 Å². The van der Waals surface area contributed by atoms with E-state index in [2.05, 4.69) is 19.2 Å². The summed E-state index contributed by atoms with van der Waals surface area (Å²) < 4.78 is 0. The largest absolute Gasteiger partial charge is 0.310 e. The van der Waals surface area contributed by atoms with Gasteiger partial charge in [0.05, 0.1) is 4.92 Å². The predicted octanol–water partition coefficient (Wildman–Crippen LogP) is 3.92. The molecule has 0 aliphatic carbocycles. The molecule has 0 saturated carbocycles. The van der Waals surface area contributed by atoms with Crippen LogP contribution in [0.25, 0.3) is 0 Å². The molecule has 0 bridgehead atoms. The summed E-state index contributed by atoms with van der Waals surface area (Å²) >= 11 is 5.78. The third-order valence-electron chi connectivity index (χ3n) is 2.96. The van der Waals surface area contributed by atoms with Crippen molar-refractivity contribution in [2.24, 2.45) is 0 Å². The Labute approximate surface area is 112 Å². The summed E-state index contributed by atoms with van der Waals surface area (Å²) in [6.07, 6.45) is 3.21. The van der Waals surface area contributed by atoms with Crippen LogP contribution in [0.1, 0.15) is 38.7 Å². The van der Waals surface area contributed by atoms with Crippen molar-refractivity contribution in [1.29, 1.82) is 0 Å². The second-order valence-electron chi connectivity index (χ2n) is 4.30. The molecule has 1 N–H and O–H groups in total. The Bertz CT molecular complexity index is 410. The van der Waals surface area contributed by atoms with Crippen molar-refractivity contribution < 1.29 is 4.92 Å². The van der Waals surface area contributed by atoms with Gasteiger partial charge in [-0.25, -0.2) is 0 Å². The van der Waals surface area contributed by atoms with Gasteiger partial charge < -0.3 is 5.32 Å². The van der Waals surface area contributed by atoms with Crippen molar-refractivity contribution in [1.82, 2.24) is 5.32 Å². The van der Waals surface area contributed by atoms with Crippen LogP contribution in [-0.4, -0.2) is 11.0 Å². The highest BCUT2D eigenvalue weighted by Crippen LogP contribution is 2.23. The Balaban J connectivity index is 2.74. The minimum absolute atomic E-state index is 0.0846. The third kappa shape index (κ3) is 4.27. The van der Waals surface area contributed by atoms with E-state index in [9.17, 15) is 10.1 Å². The SMILES string of the molecule is CCCC(CC)NCc1ccc(Cl)cc1[N+](=O)[O-]. The zero-order chi connectivity index (χ0) is 13.5. The van der Waals surface area contributed by atoms with Crippen LogP contribution < -0.4 is 5.32 Å². The minimum atomic E-state index is -0.385. The van der Waals surface area contributed by atoms with Gasteiger partial charge >= 0.3 is 0 Å². The maximum Gasteiger partial charge on any atom is 0.275 e. The number of nitrogens with one attached hydrogen (secondary N) is 1. The first-order valence-corrected chi connectivity index (χ1v) is 6.62. The Hall–Kier alpha value is -1.13. The number of nitro groups is 1. The molecule has 4 nitrogen and oxygen atoms in total. The van der Waals surface area contributed by atoms with E-state index in [0.29, 0.717) is 23.2 Å². The third-order valence-corrected chi connectivity index (χ3v) is 3.19. The topological polar surface area (TPSA) is 55.2 Å². The quantitative estimate of drug-likeness (QED) is 0.603. The fraction of sp³-hybridized carbons (Fsp3) is 0.538. The molecule has 0 aromatic heterocycles. The Morgan fingerprint density at radius 2 is 2.17 bits per heavy atom. The summed E-state index contributed by atoms with van der Waals surface area (Å²) in [5.41, 5.74) is 0.764. The first kappa shape index (κ1) is 14.9. The number of halogens is 1. The van der Waals surface area contributed by atoms with E-state index in [1.165, 1.54) is 6.07 Å². The zero-order valence-electron chi connectivity index (χ0n) is 10.8. The highest BCUT2D eigenvalue weighted by Gasteiger charge is 2.15. The molecule has 0 aliphatic heterocycles. The van der Waals surface area contributed by atoms with Crippen molar-refractivity contribution >= 4 is 17.3 Å². The maximum absolute atomic E-state index is 10.9. The second-order valence-corrected chi connectivity index (χ2v) is 4.74. The number of benzene rings is 1. The molecular formula is C13H19ClN2O2. The fourth-order valence-corrected chi connectivity index (χ4v) is 2.08. The van der Waals surface area contributed by atoms with Crippen molar-refractivity contribution in [3.8, 4) is 0 Å². The standard InChI is InChI=1S/C13H19ClN2O2/c1-3-5-12(4-2)15-9-10-6-7-11(14)8-13(10)16(17)18/h6-8,12,15H,3-5,9H2,1-2H3. The van der Waals surface area contributed by atoms with E-state index < -0.39 is 0 Å². The fourth-order valence-electron chi connectivity index (χ4n) is 1.91. The maximum atomic E-state index is 10.9. The molecule has 5 heteroatoms. The van der Waals surface area contributed by atoms with E-state index in [4.69, 9.17) is 11.6 Å². The summed E-state index contributed by atoms with van der Waals surface area (Å²) in [7, 11) is 0. The van der Waals surface area contributed by atoms with Crippen LogP contribution >= 0.6 is 11.6 Å². The predicted molar refractivity (Wildman–Crippen MR) is 73.9 cm³/mol. The van der Waals surface area contributed by atoms with Gasteiger partial charge in [-0.2, -0.15) is 0 Å². The smallest absolute Gasteiger partial charge is 0.275 e. The first-order valence-electron chi connectivity index (χ1n) is 6.24. The summed E-state index contributed by atoms with van der Waals surface area (Å²) in [5, 5.41) is 14.7. The van der Waals surface area contributed by atoms with Crippen LogP contribution in [0.3, 0.4) is 0 Å². The molecule has 1 atom stereocenters. The molecular weight excluding hydrogens is 252 g/mol. The molecule has 1 unspecified atom stereocenters. The van der Waals surface area contributed by atoms with E-state index in [0.717, 1.165) is 19.3 Å². The van der Waals surface area contributed by atoms with Crippen molar-refractivity contribution in [3.05, 3.63) is 38.9 Å². The Morgan fingerprint density at radius 3 is 2.72 bits per heavy atom. The Kier molecular flexibility index (Phi) is 6.09. The van der Waals surface area contributed by atoms with Gasteiger partial charge in [-0.05, 0) is 25.0 Å². The van der Waals surface area contributed by atoms with Gasteiger partial charge in [-0.1, -0.05) is 31.9 Å². The summed E-state index contributed by atoms with van der Waals surface area (Å²) in [6.45, 7) is 4.75.